The summed E-state index contributed by atoms with van der Waals surface area (Å²) in [4.78, 5) is 24.9. The summed E-state index contributed by atoms with van der Waals surface area (Å²) in [5.74, 6) is 0.101. The summed E-state index contributed by atoms with van der Waals surface area (Å²) < 4.78 is 1.75. The number of carbonyl (C=O) groups excluding carboxylic acids is 2. The van der Waals surface area contributed by atoms with Gasteiger partial charge in [-0.25, -0.2) is 0 Å². The Morgan fingerprint density at radius 2 is 1.72 bits per heavy atom. The first-order chi connectivity index (χ1) is 15.4. The molecular formula is C22H21Cl2N5O2S. The van der Waals surface area contributed by atoms with Gasteiger partial charge in [-0.05, 0) is 36.8 Å². The molecule has 3 aromatic rings. The lowest BCUT2D eigenvalue weighted by Gasteiger charge is -2.10. The van der Waals surface area contributed by atoms with E-state index in [4.69, 9.17) is 23.2 Å². The molecule has 0 saturated carbocycles. The van der Waals surface area contributed by atoms with E-state index in [1.165, 1.54) is 11.8 Å². The van der Waals surface area contributed by atoms with Gasteiger partial charge >= 0.3 is 0 Å². The zero-order valence-electron chi connectivity index (χ0n) is 17.3. The molecule has 32 heavy (non-hydrogen) atoms. The number of nitrogens with one attached hydrogen (secondary N) is 2. The Balaban J connectivity index is 1.64. The van der Waals surface area contributed by atoms with E-state index in [-0.39, 0.29) is 24.0 Å². The number of halogens is 2. The SMILES string of the molecule is C=CCn1c(CC(=O)Nc2ccccc2Cl)nnc1SCC(=O)Nc1cccc(Cl)c1C. The fourth-order valence-corrected chi connectivity index (χ4v) is 3.95. The molecule has 3 rings (SSSR count). The third-order valence-electron chi connectivity index (χ3n) is 4.45. The molecule has 0 atom stereocenters. The number of para-hydroxylation sites is 1. The Labute approximate surface area is 200 Å². The van der Waals surface area contributed by atoms with Crippen molar-refractivity contribution in [2.75, 3.05) is 16.4 Å². The molecule has 166 valence electrons. The maximum Gasteiger partial charge on any atom is 0.234 e. The number of amides is 2. The first-order valence-corrected chi connectivity index (χ1v) is 11.4. The van der Waals surface area contributed by atoms with Gasteiger partial charge in [-0.15, -0.1) is 16.8 Å². The fourth-order valence-electron chi connectivity index (χ4n) is 2.83. The number of rotatable bonds is 9. The van der Waals surface area contributed by atoms with Crippen molar-refractivity contribution in [3.63, 3.8) is 0 Å². The molecule has 0 radical (unpaired) electrons. The van der Waals surface area contributed by atoms with Gasteiger partial charge in [-0.3, -0.25) is 9.59 Å². The van der Waals surface area contributed by atoms with E-state index in [2.05, 4.69) is 27.4 Å². The van der Waals surface area contributed by atoms with Crippen molar-refractivity contribution >= 4 is 58.2 Å². The van der Waals surface area contributed by atoms with Crippen molar-refractivity contribution < 1.29 is 9.59 Å². The maximum atomic E-state index is 12.5. The smallest absolute Gasteiger partial charge is 0.234 e. The van der Waals surface area contributed by atoms with Crippen molar-refractivity contribution in [3.05, 3.63) is 76.6 Å². The lowest BCUT2D eigenvalue weighted by atomic mass is 10.2. The Kier molecular flexibility index (Phi) is 8.33. The molecular weight excluding hydrogens is 469 g/mol. The number of hydrogen-bond acceptors (Lipinski definition) is 5. The van der Waals surface area contributed by atoms with Gasteiger partial charge in [-0.2, -0.15) is 0 Å². The highest BCUT2D eigenvalue weighted by Gasteiger charge is 2.17. The summed E-state index contributed by atoms with van der Waals surface area (Å²) in [6.07, 6.45) is 1.68. The number of carbonyl (C=O) groups is 2. The highest BCUT2D eigenvalue weighted by molar-refractivity contribution is 7.99. The third kappa shape index (κ3) is 6.12. The molecule has 1 heterocycles. The Hall–Kier alpha value is -2.81. The highest BCUT2D eigenvalue weighted by Crippen LogP contribution is 2.24. The van der Waals surface area contributed by atoms with Crippen LogP contribution < -0.4 is 10.6 Å². The lowest BCUT2D eigenvalue weighted by Crippen LogP contribution is -2.18. The van der Waals surface area contributed by atoms with Gasteiger partial charge in [0.25, 0.3) is 0 Å². The second-order valence-corrected chi connectivity index (χ2v) is 8.51. The van der Waals surface area contributed by atoms with Gasteiger partial charge in [0.05, 0.1) is 22.9 Å². The molecule has 0 aliphatic carbocycles. The molecule has 2 amide bonds. The van der Waals surface area contributed by atoms with E-state index in [1.54, 1.807) is 53.1 Å². The van der Waals surface area contributed by atoms with Crippen molar-refractivity contribution in [3.8, 4) is 0 Å². The van der Waals surface area contributed by atoms with Crippen molar-refractivity contribution in [2.45, 2.75) is 25.0 Å². The largest absolute Gasteiger partial charge is 0.325 e. The maximum absolute atomic E-state index is 12.5. The van der Waals surface area contributed by atoms with Gasteiger partial charge < -0.3 is 15.2 Å². The van der Waals surface area contributed by atoms with Gasteiger partial charge in [0.1, 0.15) is 5.82 Å². The average Bonchev–Trinajstić information content (AvgIpc) is 3.13. The lowest BCUT2D eigenvalue weighted by molar-refractivity contribution is -0.116. The first-order valence-electron chi connectivity index (χ1n) is 9.64. The summed E-state index contributed by atoms with van der Waals surface area (Å²) in [6, 6.07) is 12.3. The second-order valence-electron chi connectivity index (χ2n) is 6.75. The first kappa shape index (κ1) is 23.8. The van der Waals surface area contributed by atoms with Gasteiger partial charge in [-0.1, -0.05) is 59.2 Å². The summed E-state index contributed by atoms with van der Waals surface area (Å²) in [5.41, 5.74) is 1.98. The van der Waals surface area contributed by atoms with Crippen molar-refractivity contribution in [2.24, 2.45) is 0 Å². The highest BCUT2D eigenvalue weighted by atomic mass is 35.5. The van der Waals surface area contributed by atoms with Crippen molar-refractivity contribution in [1.29, 1.82) is 0 Å². The molecule has 2 aromatic carbocycles. The molecule has 0 fully saturated rings. The van der Waals surface area contributed by atoms with Crippen LogP contribution in [0.5, 0.6) is 0 Å². The molecule has 0 saturated heterocycles. The number of benzene rings is 2. The Bertz CT molecular complexity index is 1150. The molecule has 0 aliphatic heterocycles. The number of allylic oxidation sites excluding steroid dienone is 1. The molecule has 0 spiro atoms. The normalized spacial score (nSPS) is 10.6. The quantitative estimate of drug-likeness (QED) is 0.326. The third-order valence-corrected chi connectivity index (χ3v) is 6.15. The van der Waals surface area contributed by atoms with Crippen LogP contribution in [0, 0.1) is 6.92 Å². The number of anilines is 2. The zero-order valence-corrected chi connectivity index (χ0v) is 19.6. The minimum Gasteiger partial charge on any atom is -0.325 e. The number of nitrogens with zero attached hydrogens (tertiary/aromatic N) is 3. The van der Waals surface area contributed by atoms with E-state index < -0.39 is 0 Å². The van der Waals surface area contributed by atoms with E-state index in [1.807, 2.05) is 6.92 Å². The average molecular weight is 490 g/mol. The van der Waals surface area contributed by atoms with Crippen LogP contribution in [0.1, 0.15) is 11.4 Å². The number of aromatic nitrogens is 3. The van der Waals surface area contributed by atoms with E-state index in [0.717, 1.165) is 5.56 Å². The molecule has 7 nitrogen and oxygen atoms in total. The van der Waals surface area contributed by atoms with Crippen LogP contribution in [0.4, 0.5) is 11.4 Å². The van der Waals surface area contributed by atoms with Crippen LogP contribution in [-0.2, 0) is 22.6 Å². The summed E-state index contributed by atoms with van der Waals surface area (Å²) >= 11 is 13.4. The second kappa shape index (κ2) is 11.2. The molecule has 0 aliphatic rings. The van der Waals surface area contributed by atoms with Crippen LogP contribution >= 0.6 is 35.0 Å². The van der Waals surface area contributed by atoms with Gasteiger partial charge in [0.2, 0.25) is 11.8 Å². The molecule has 0 bridgehead atoms. The minimum absolute atomic E-state index is 0.000525. The summed E-state index contributed by atoms with van der Waals surface area (Å²) in [7, 11) is 0. The molecule has 2 N–H and O–H groups in total. The molecule has 0 unspecified atom stereocenters. The molecule has 10 heteroatoms. The van der Waals surface area contributed by atoms with Crippen molar-refractivity contribution in [1.82, 2.24) is 14.8 Å². The Morgan fingerprint density at radius 1 is 1.03 bits per heavy atom. The van der Waals surface area contributed by atoms with Crippen LogP contribution in [0.15, 0.2) is 60.3 Å². The van der Waals surface area contributed by atoms with Gasteiger partial charge in [0, 0.05) is 17.3 Å². The number of thioether (sulfide) groups is 1. The molecule has 1 aromatic heterocycles. The van der Waals surface area contributed by atoms with Crippen LogP contribution in [0.3, 0.4) is 0 Å². The predicted octanol–water partition coefficient (Wildman–Crippen LogP) is 4.99. The minimum atomic E-state index is -0.276. The monoisotopic (exact) mass is 489 g/mol. The number of hydrogen-bond donors (Lipinski definition) is 2. The zero-order chi connectivity index (χ0) is 23.1. The summed E-state index contributed by atoms with van der Waals surface area (Å²) in [6.45, 7) is 5.99. The van der Waals surface area contributed by atoms with E-state index >= 15 is 0 Å². The van der Waals surface area contributed by atoms with E-state index in [9.17, 15) is 9.59 Å². The van der Waals surface area contributed by atoms with Crippen LogP contribution in [0.2, 0.25) is 10.0 Å². The van der Waals surface area contributed by atoms with Crippen LogP contribution in [-0.4, -0.2) is 32.3 Å². The van der Waals surface area contributed by atoms with Gasteiger partial charge in [0.15, 0.2) is 5.16 Å². The summed E-state index contributed by atoms with van der Waals surface area (Å²) in [5, 5.41) is 15.4. The van der Waals surface area contributed by atoms with E-state index in [0.29, 0.717) is 38.9 Å². The fraction of sp³-hybridized carbons (Fsp3) is 0.182. The predicted molar refractivity (Wildman–Crippen MR) is 130 cm³/mol. The van der Waals surface area contributed by atoms with Crippen LogP contribution in [0.25, 0.3) is 0 Å². The Morgan fingerprint density at radius 3 is 2.47 bits per heavy atom. The topological polar surface area (TPSA) is 88.9 Å². The standard InChI is InChI=1S/C22H21Cl2N5O2S/c1-3-11-29-19(12-20(30)26-18-9-5-4-7-16(18)24)27-28-22(29)32-13-21(31)25-17-10-6-8-15(23)14(17)2/h3-10H,1,11-13H2,2H3,(H,25,31)(H,26,30).